The number of anilines is 2. The van der Waals surface area contributed by atoms with Crippen molar-refractivity contribution in [1.29, 1.82) is 0 Å². The fraction of sp³-hybridized carbons (Fsp3) is 0.500. The summed E-state index contributed by atoms with van der Waals surface area (Å²) in [5.74, 6) is 0.669. The van der Waals surface area contributed by atoms with Gasteiger partial charge in [-0.05, 0) is 44.6 Å². The zero-order chi connectivity index (χ0) is 16.4. The standard InChI is InChI=1S/C18H22N4O2/c23-18(17-13-6-2-3-7-16(13)24-21-17)20-14-12-19-9-8-15(14)22-10-4-1-5-11-22/h8-9,12H,1-7,10-11H2,(H,20,23). The van der Waals surface area contributed by atoms with Gasteiger partial charge < -0.3 is 14.7 Å². The highest BCUT2D eigenvalue weighted by Gasteiger charge is 2.25. The second-order valence-corrected chi connectivity index (χ2v) is 6.53. The van der Waals surface area contributed by atoms with Gasteiger partial charge in [0.05, 0.1) is 17.6 Å². The van der Waals surface area contributed by atoms with Crippen molar-refractivity contribution in [2.45, 2.75) is 44.9 Å². The van der Waals surface area contributed by atoms with Crippen molar-refractivity contribution in [3.63, 3.8) is 0 Å². The summed E-state index contributed by atoms with van der Waals surface area (Å²) in [6, 6.07) is 1.97. The number of carbonyl (C=O) groups excluding carboxylic acids is 1. The number of fused-ring (bicyclic) bond motifs is 1. The summed E-state index contributed by atoms with van der Waals surface area (Å²) in [7, 11) is 0. The molecule has 1 fully saturated rings. The molecule has 0 aromatic carbocycles. The van der Waals surface area contributed by atoms with Crippen LogP contribution in [0, 0.1) is 0 Å². The van der Waals surface area contributed by atoms with Crippen LogP contribution >= 0.6 is 0 Å². The molecule has 4 rings (SSSR count). The third-order valence-electron chi connectivity index (χ3n) is 4.91. The number of rotatable bonds is 3. The SMILES string of the molecule is O=C(Nc1cnccc1N1CCCCC1)c1noc2c1CCCC2. The zero-order valence-corrected chi connectivity index (χ0v) is 13.8. The molecule has 0 unspecified atom stereocenters. The number of carbonyl (C=O) groups is 1. The number of amides is 1. The van der Waals surface area contributed by atoms with E-state index in [0.717, 1.165) is 61.5 Å². The van der Waals surface area contributed by atoms with Crippen molar-refractivity contribution in [3.05, 3.63) is 35.5 Å². The molecule has 0 atom stereocenters. The Balaban J connectivity index is 1.57. The van der Waals surface area contributed by atoms with Crippen molar-refractivity contribution in [2.75, 3.05) is 23.3 Å². The number of nitrogens with zero attached hydrogens (tertiary/aromatic N) is 3. The number of piperidine rings is 1. The molecule has 1 aliphatic carbocycles. The molecule has 3 heterocycles. The molecule has 24 heavy (non-hydrogen) atoms. The highest BCUT2D eigenvalue weighted by atomic mass is 16.5. The van der Waals surface area contributed by atoms with Crippen LogP contribution in [0.25, 0.3) is 0 Å². The third-order valence-corrected chi connectivity index (χ3v) is 4.91. The summed E-state index contributed by atoms with van der Waals surface area (Å²) < 4.78 is 5.36. The molecule has 2 aliphatic rings. The summed E-state index contributed by atoms with van der Waals surface area (Å²) in [6.07, 6.45) is 11.1. The average Bonchev–Trinajstić information content (AvgIpc) is 3.07. The van der Waals surface area contributed by atoms with Gasteiger partial charge in [-0.2, -0.15) is 0 Å². The first kappa shape index (κ1) is 15.2. The van der Waals surface area contributed by atoms with Gasteiger partial charge in [-0.3, -0.25) is 9.78 Å². The minimum atomic E-state index is -0.201. The highest BCUT2D eigenvalue weighted by Crippen LogP contribution is 2.29. The lowest BCUT2D eigenvalue weighted by atomic mass is 9.96. The van der Waals surface area contributed by atoms with Gasteiger partial charge in [-0.15, -0.1) is 0 Å². The molecule has 1 saturated heterocycles. The Morgan fingerprint density at radius 3 is 2.83 bits per heavy atom. The number of aromatic nitrogens is 2. The normalized spacial score (nSPS) is 17.4. The number of pyridine rings is 1. The molecule has 6 heteroatoms. The summed E-state index contributed by atoms with van der Waals surface area (Å²) in [5, 5.41) is 7.01. The Morgan fingerprint density at radius 2 is 1.96 bits per heavy atom. The van der Waals surface area contributed by atoms with Crippen molar-refractivity contribution in [1.82, 2.24) is 10.1 Å². The van der Waals surface area contributed by atoms with Crippen LogP contribution in [-0.4, -0.2) is 29.1 Å². The van der Waals surface area contributed by atoms with Crippen molar-refractivity contribution in [2.24, 2.45) is 0 Å². The molecule has 2 aromatic heterocycles. The lowest BCUT2D eigenvalue weighted by molar-refractivity contribution is 0.101. The lowest BCUT2D eigenvalue weighted by Gasteiger charge is -2.30. The summed E-state index contributed by atoms with van der Waals surface area (Å²) in [4.78, 5) is 19.2. The molecule has 1 aliphatic heterocycles. The first-order valence-electron chi connectivity index (χ1n) is 8.80. The van der Waals surface area contributed by atoms with E-state index in [4.69, 9.17) is 4.52 Å². The highest BCUT2D eigenvalue weighted by molar-refractivity contribution is 6.05. The van der Waals surface area contributed by atoms with E-state index in [1.165, 1.54) is 19.3 Å². The van der Waals surface area contributed by atoms with Gasteiger partial charge in [0.2, 0.25) is 0 Å². The van der Waals surface area contributed by atoms with Crippen LogP contribution in [0.5, 0.6) is 0 Å². The van der Waals surface area contributed by atoms with Crippen LogP contribution in [0.15, 0.2) is 23.0 Å². The van der Waals surface area contributed by atoms with E-state index >= 15 is 0 Å². The lowest BCUT2D eigenvalue weighted by Crippen LogP contribution is -2.30. The Hall–Kier alpha value is -2.37. The van der Waals surface area contributed by atoms with E-state index in [2.05, 4.69) is 20.4 Å². The van der Waals surface area contributed by atoms with Crippen molar-refractivity contribution < 1.29 is 9.32 Å². The maximum Gasteiger partial charge on any atom is 0.278 e. The molecular weight excluding hydrogens is 304 g/mol. The predicted molar refractivity (Wildman–Crippen MR) is 91.4 cm³/mol. The monoisotopic (exact) mass is 326 g/mol. The van der Waals surface area contributed by atoms with E-state index in [9.17, 15) is 4.79 Å². The fourth-order valence-electron chi connectivity index (χ4n) is 3.64. The molecule has 0 bridgehead atoms. The Morgan fingerprint density at radius 1 is 1.12 bits per heavy atom. The predicted octanol–water partition coefficient (Wildman–Crippen LogP) is 3.19. The zero-order valence-electron chi connectivity index (χ0n) is 13.8. The van der Waals surface area contributed by atoms with E-state index < -0.39 is 0 Å². The molecule has 6 nitrogen and oxygen atoms in total. The van der Waals surface area contributed by atoms with Gasteiger partial charge in [0.15, 0.2) is 5.69 Å². The van der Waals surface area contributed by atoms with Gasteiger partial charge in [-0.25, -0.2) is 0 Å². The molecule has 126 valence electrons. The second-order valence-electron chi connectivity index (χ2n) is 6.53. The van der Waals surface area contributed by atoms with Crippen LogP contribution in [0.4, 0.5) is 11.4 Å². The first-order chi connectivity index (χ1) is 11.8. The summed E-state index contributed by atoms with van der Waals surface area (Å²) >= 11 is 0. The maximum absolute atomic E-state index is 12.7. The van der Waals surface area contributed by atoms with Gasteiger partial charge in [0.25, 0.3) is 5.91 Å². The minimum Gasteiger partial charge on any atom is -0.370 e. The Kier molecular flexibility index (Phi) is 4.19. The molecule has 0 spiro atoms. The van der Waals surface area contributed by atoms with Gasteiger partial charge in [0.1, 0.15) is 5.76 Å². The molecule has 0 radical (unpaired) electrons. The van der Waals surface area contributed by atoms with Crippen LogP contribution in [0.2, 0.25) is 0 Å². The number of hydrogen-bond acceptors (Lipinski definition) is 5. The average molecular weight is 326 g/mol. The van der Waals surface area contributed by atoms with Crippen molar-refractivity contribution >= 4 is 17.3 Å². The van der Waals surface area contributed by atoms with Gasteiger partial charge in [0, 0.05) is 31.3 Å². The Labute approximate surface area is 141 Å². The van der Waals surface area contributed by atoms with Gasteiger partial charge >= 0.3 is 0 Å². The minimum absolute atomic E-state index is 0.201. The van der Waals surface area contributed by atoms with E-state index in [-0.39, 0.29) is 5.91 Å². The third kappa shape index (κ3) is 2.88. The van der Waals surface area contributed by atoms with Gasteiger partial charge in [-0.1, -0.05) is 5.16 Å². The van der Waals surface area contributed by atoms with E-state index in [1.807, 2.05) is 6.07 Å². The first-order valence-corrected chi connectivity index (χ1v) is 8.80. The molecule has 2 aromatic rings. The maximum atomic E-state index is 12.7. The molecule has 1 N–H and O–H groups in total. The van der Waals surface area contributed by atoms with Crippen molar-refractivity contribution in [3.8, 4) is 0 Å². The summed E-state index contributed by atoms with van der Waals surface area (Å²) in [5.41, 5.74) is 3.19. The topological polar surface area (TPSA) is 71.3 Å². The fourth-order valence-corrected chi connectivity index (χ4v) is 3.64. The molecular formula is C18H22N4O2. The molecule has 0 saturated carbocycles. The number of hydrogen-bond donors (Lipinski definition) is 1. The second kappa shape index (κ2) is 6.63. The number of nitrogens with one attached hydrogen (secondary N) is 1. The Bertz CT molecular complexity index is 734. The smallest absolute Gasteiger partial charge is 0.278 e. The van der Waals surface area contributed by atoms with Crippen LogP contribution < -0.4 is 10.2 Å². The largest absolute Gasteiger partial charge is 0.370 e. The van der Waals surface area contributed by atoms with Crippen LogP contribution in [0.1, 0.15) is 53.9 Å². The summed E-state index contributed by atoms with van der Waals surface area (Å²) in [6.45, 7) is 2.04. The van der Waals surface area contributed by atoms with E-state index in [1.54, 1.807) is 12.4 Å². The van der Waals surface area contributed by atoms with Crippen LogP contribution in [0.3, 0.4) is 0 Å². The van der Waals surface area contributed by atoms with E-state index in [0.29, 0.717) is 5.69 Å². The quantitative estimate of drug-likeness (QED) is 0.938. The molecule has 1 amide bonds. The van der Waals surface area contributed by atoms with Crippen LogP contribution in [-0.2, 0) is 12.8 Å². The number of aryl methyl sites for hydroxylation is 1.